The summed E-state index contributed by atoms with van der Waals surface area (Å²) in [6.45, 7) is 3.64. The number of rotatable bonds is 2. The number of nitrogens with one attached hydrogen (secondary N) is 2. The van der Waals surface area contributed by atoms with E-state index in [9.17, 15) is 9.59 Å². The highest BCUT2D eigenvalue weighted by Gasteiger charge is 2.21. The van der Waals surface area contributed by atoms with Crippen LogP contribution in [-0.4, -0.2) is 15.5 Å². The zero-order chi connectivity index (χ0) is 15.9. The Morgan fingerprint density at radius 2 is 2.14 bits per heavy atom. The van der Waals surface area contributed by atoms with Gasteiger partial charge in [-0.25, -0.2) is 19.3 Å². The van der Waals surface area contributed by atoms with Crippen molar-refractivity contribution < 1.29 is 9.78 Å². The first-order valence-corrected chi connectivity index (χ1v) is 7.54. The first-order valence-electron chi connectivity index (χ1n) is 6.73. The van der Waals surface area contributed by atoms with Crippen LogP contribution in [0.5, 0.6) is 0 Å². The van der Waals surface area contributed by atoms with E-state index in [1.165, 1.54) is 15.9 Å². The molecule has 0 aromatic carbocycles. The molecule has 0 bridgehead atoms. The second kappa shape index (κ2) is 5.34. The number of amides is 1. The maximum atomic E-state index is 12.4. The molecule has 0 fully saturated rings. The molecule has 22 heavy (non-hydrogen) atoms. The van der Waals surface area contributed by atoms with Gasteiger partial charge in [0.15, 0.2) is 4.83 Å². The second-order valence-corrected chi connectivity index (χ2v) is 6.09. The summed E-state index contributed by atoms with van der Waals surface area (Å²) < 4.78 is 1.46. The fraction of sp³-hybridized carbons (Fsp3) is 0.200. The number of pyridine rings is 1. The topological polar surface area (TPSA) is 78.1 Å². The zero-order valence-corrected chi connectivity index (χ0v) is 13.2. The molecule has 0 saturated heterocycles. The van der Waals surface area contributed by atoms with Crippen LogP contribution in [0.4, 0.5) is 5.82 Å². The molecule has 0 unspecified atom stereocenters. The van der Waals surface area contributed by atoms with Gasteiger partial charge < -0.3 is 5.32 Å². The third-order valence-corrected chi connectivity index (χ3v) is 4.63. The Balaban J connectivity index is 2.03. The van der Waals surface area contributed by atoms with Gasteiger partial charge in [0.25, 0.3) is 5.91 Å². The number of carbonyl (C=O) groups excluding carboxylic acids is 1. The second-order valence-electron chi connectivity index (χ2n) is 5.07. The molecule has 0 radical (unpaired) electrons. The van der Waals surface area contributed by atoms with Gasteiger partial charge in [-0.3, -0.25) is 4.79 Å². The summed E-state index contributed by atoms with van der Waals surface area (Å²) in [7, 11) is 1.67. The lowest BCUT2D eigenvalue weighted by atomic mass is 10.2. The molecule has 3 aromatic rings. The maximum Gasteiger partial charge on any atom is 0.346 e. The van der Waals surface area contributed by atoms with Crippen molar-refractivity contribution in [1.29, 1.82) is 0 Å². The third-order valence-electron chi connectivity index (χ3n) is 3.41. The van der Waals surface area contributed by atoms with Crippen LogP contribution in [0.3, 0.4) is 0 Å². The molecule has 3 rings (SSSR count). The zero-order valence-electron chi connectivity index (χ0n) is 12.4. The van der Waals surface area contributed by atoms with E-state index in [-0.39, 0.29) is 11.5 Å². The number of fused-ring (bicyclic) bond motifs is 1. The summed E-state index contributed by atoms with van der Waals surface area (Å²) in [6.07, 6.45) is 1.59. The van der Waals surface area contributed by atoms with Crippen molar-refractivity contribution >= 4 is 33.3 Å². The lowest BCUT2D eigenvalue weighted by Crippen LogP contribution is -2.23. The van der Waals surface area contributed by atoms with Crippen LogP contribution in [-0.2, 0) is 7.05 Å². The number of thiophene rings is 1. The summed E-state index contributed by atoms with van der Waals surface area (Å²) in [4.78, 5) is 33.1. The number of aryl methyl sites for hydroxylation is 3. The lowest BCUT2D eigenvalue weighted by Gasteiger charge is -2.03. The monoisotopic (exact) mass is 315 g/mol. The van der Waals surface area contributed by atoms with E-state index >= 15 is 0 Å². The van der Waals surface area contributed by atoms with Crippen LogP contribution in [0, 0.1) is 13.8 Å². The number of hydrogen-bond acceptors (Lipinski definition) is 4. The van der Waals surface area contributed by atoms with E-state index in [0.29, 0.717) is 26.5 Å². The summed E-state index contributed by atoms with van der Waals surface area (Å²) in [5, 5.41) is 3.33. The minimum atomic E-state index is -0.257. The molecule has 2 N–H and O–H groups in total. The van der Waals surface area contributed by atoms with E-state index in [2.05, 4.69) is 15.3 Å². The van der Waals surface area contributed by atoms with Crippen LogP contribution in [0.15, 0.2) is 29.3 Å². The molecule has 3 heterocycles. The quantitative estimate of drug-likeness (QED) is 0.781. The van der Waals surface area contributed by atoms with Crippen molar-refractivity contribution in [2.45, 2.75) is 13.8 Å². The van der Waals surface area contributed by atoms with Crippen molar-refractivity contribution in [3.05, 3.63) is 51.0 Å². The number of aromatic amines is 1. The van der Waals surface area contributed by atoms with Crippen molar-refractivity contribution in [3.8, 4) is 0 Å². The lowest BCUT2D eigenvalue weighted by molar-refractivity contribution is -0.349. The highest BCUT2D eigenvalue weighted by atomic mass is 32.1. The van der Waals surface area contributed by atoms with Crippen molar-refractivity contribution in [3.63, 3.8) is 0 Å². The average Bonchev–Trinajstić information content (AvgIpc) is 2.81. The van der Waals surface area contributed by atoms with Crippen LogP contribution in [0.2, 0.25) is 0 Å². The Bertz CT molecular complexity index is 942. The van der Waals surface area contributed by atoms with Gasteiger partial charge in [-0.05, 0) is 31.5 Å². The Kier molecular flexibility index (Phi) is 3.50. The van der Waals surface area contributed by atoms with Crippen LogP contribution >= 0.6 is 11.3 Å². The van der Waals surface area contributed by atoms with Gasteiger partial charge in [-0.15, -0.1) is 0 Å². The summed E-state index contributed by atoms with van der Waals surface area (Å²) >= 11 is 1.27. The van der Waals surface area contributed by atoms with E-state index < -0.39 is 0 Å². The van der Waals surface area contributed by atoms with Crippen LogP contribution in [0.25, 0.3) is 10.2 Å². The van der Waals surface area contributed by atoms with E-state index in [0.717, 1.165) is 5.69 Å². The largest absolute Gasteiger partial charge is 0.346 e. The van der Waals surface area contributed by atoms with E-state index in [1.807, 2.05) is 19.1 Å². The Labute approximate surface area is 130 Å². The number of H-pyrrole nitrogens is 1. The molecular weight excluding hydrogens is 300 g/mol. The molecule has 1 amide bonds. The number of nitrogens with zero attached hydrogens (tertiary/aromatic N) is 2. The molecule has 7 heteroatoms. The summed E-state index contributed by atoms with van der Waals surface area (Å²) in [6, 6.07) is 5.43. The van der Waals surface area contributed by atoms with Gasteiger partial charge in [0.1, 0.15) is 16.1 Å². The Morgan fingerprint density at radius 1 is 1.36 bits per heavy atom. The summed E-state index contributed by atoms with van der Waals surface area (Å²) in [5.41, 5.74) is 1.39. The van der Waals surface area contributed by atoms with Gasteiger partial charge >= 0.3 is 5.56 Å². The number of anilines is 1. The molecule has 0 aliphatic carbocycles. The molecular formula is C15H15N4O2S+. The fourth-order valence-electron chi connectivity index (χ4n) is 2.27. The Morgan fingerprint density at radius 3 is 2.86 bits per heavy atom. The van der Waals surface area contributed by atoms with E-state index in [1.54, 1.807) is 26.4 Å². The number of aromatic nitrogens is 3. The van der Waals surface area contributed by atoms with Crippen LogP contribution < -0.4 is 15.9 Å². The fourth-order valence-corrected chi connectivity index (χ4v) is 3.32. The normalized spacial score (nSPS) is 10.9. The molecule has 6 nitrogen and oxygen atoms in total. The van der Waals surface area contributed by atoms with E-state index in [4.69, 9.17) is 0 Å². The predicted octanol–water partition coefficient (Wildman–Crippen LogP) is 1.68. The molecule has 0 saturated carbocycles. The van der Waals surface area contributed by atoms with Gasteiger partial charge in [0, 0.05) is 5.69 Å². The minimum absolute atomic E-state index is 0.116. The molecule has 0 aliphatic heterocycles. The molecule has 112 valence electrons. The molecule has 0 atom stereocenters. The predicted molar refractivity (Wildman–Crippen MR) is 85.3 cm³/mol. The minimum Gasteiger partial charge on any atom is -0.306 e. The Hall–Kier alpha value is -2.54. The first-order chi connectivity index (χ1) is 10.5. The van der Waals surface area contributed by atoms with Crippen molar-refractivity contribution in [2.24, 2.45) is 7.05 Å². The van der Waals surface area contributed by atoms with Gasteiger partial charge in [0.2, 0.25) is 6.33 Å². The highest BCUT2D eigenvalue weighted by molar-refractivity contribution is 7.20. The van der Waals surface area contributed by atoms with Crippen molar-refractivity contribution in [2.75, 3.05) is 5.32 Å². The molecule has 0 spiro atoms. The van der Waals surface area contributed by atoms with Crippen LogP contribution in [0.1, 0.15) is 20.9 Å². The summed E-state index contributed by atoms with van der Waals surface area (Å²) in [5.74, 6) is 0.242. The van der Waals surface area contributed by atoms with Gasteiger partial charge in [-0.2, -0.15) is 0 Å². The first kappa shape index (κ1) is 14.4. The molecule has 3 aromatic heterocycles. The standard InChI is InChI=1S/C15H14N4O2S/c1-8-5-4-6-10(17-8)18-13(20)12-9(2)11-14(22-12)16-7-19(3)15(11)21/h4-7H,1-3H3,(H,17,18,20)/p+1. The third kappa shape index (κ3) is 2.39. The average molecular weight is 315 g/mol. The highest BCUT2D eigenvalue weighted by Crippen LogP contribution is 2.25. The smallest absolute Gasteiger partial charge is 0.306 e. The van der Waals surface area contributed by atoms with Crippen molar-refractivity contribution in [1.82, 2.24) is 9.55 Å². The maximum absolute atomic E-state index is 12.4. The molecule has 0 aliphatic rings. The number of carbonyl (C=O) groups is 1. The van der Waals surface area contributed by atoms with Gasteiger partial charge in [-0.1, -0.05) is 17.4 Å². The number of hydrogen-bond donors (Lipinski definition) is 1. The SMILES string of the molecule is Cc1cccc(NC(=O)c2sc3[nH+]cn(C)c(=O)c3c2C)n1. The van der Waals surface area contributed by atoms with Gasteiger partial charge in [0.05, 0.1) is 7.05 Å².